The van der Waals surface area contributed by atoms with Crippen LogP contribution in [-0.4, -0.2) is 62.3 Å². The second-order valence-corrected chi connectivity index (χ2v) is 8.29. The van der Waals surface area contributed by atoms with Crippen molar-refractivity contribution in [2.24, 2.45) is 0 Å². The molecule has 2 aliphatic heterocycles. The van der Waals surface area contributed by atoms with E-state index in [1.165, 1.54) is 7.11 Å². The summed E-state index contributed by atoms with van der Waals surface area (Å²) in [5.41, 5.74) is 0.864. The van der Waals surface area contributed by atoms with Crippen LogP contribution in [0.15, 0.2) is 30.4 Å². The lowest BCUT2D eigenvalue weighted by Crippen LogP contribution is -2.34. The normalized spacial score (nSPS) is 29.8. The molecule has 1 fully saturated rings. The number of carbonyl (C=O) groups excluding carboxylic acids is 1. The van der Waals surface area contributed by atoms with Gasteiger partial charge >= 0.3 is 5.97 Å². The number of aliphatic hydroxyl groups is 1. The number of benzene rings is 1. The van der Waals surface area contributed by atoms with Crippen LogP contribution in [0.2, 0.25) is 0 Å². The van der Waals surface area contributed by atoms with Crippen molar-refractivity contribution in [2.45, 2.75) is 63.8 Å². The Labute approximate surface area is 188 Å². The van der Waals surface area contributed by atoms with E-state index in [2.05, 4.69) is 0 Å². The van der Waals surface area contributed by atoms with Crippen LogP contribution in [-0.2, 0) is 18.9 Å². The molecule has 3 rings (SSSR count). The summed E-state index contributed by atoms with van der Waals surface area (Å²) >= 11 is 0. The van der Waals surface area contributed by atoms with Crippen LogP contribution in [0.1, 0.15) is 49.5 Å². The smallest absolute Gasteiger partial charge is 0.342 e. The van der Waals surface area contributed by atoms with Gasteiger partial charge in [-0.05, 0) is 38.8 Å². The highest BCUT2D eigenvalue weighted by Gasteiger charge is 2.43. The number of esters is 1. The van der Waals surface area contributed by atoms with Gasteiger partial charge in [0.1, 0.15) is 35.4 Å². The van der Waals surface area contributed by atoms with Gasteiger partial charge in [-0.2, -0.15) is 0 Å². The van der Waals surface area contributed by atoms with E-state index in [9.17, 15) is 9.90 Å². The third-order valence-electron chi connectivity index (χ3n) is 5.21. The van der Waals surface area contributed by atoms with Gasteiger partial charge in [-0.3, -0.25) is 0 Å². The Balaban J connectivity index is 2.02. The number of ether oxygens (including phenoxy) is 6. The third-order valence-corrected chi connectivity index (χ3v) is 5.21. The van der Waals surface area contributed by atoms with E-state index in [1.54, 1.807) is 44.4 Å². The standard InChI is InChI=1S/C24H32O8/c1-15-8-6-10-18(25)22-19(31-24(2,3)32-22)11-7-9-16-12-17(28-5)13-20(29-14-27-4)21(16)23(26)30-15/h6-7,9-10,12-13,15,18-19,22,25H,8,11,14H2,1-5H3/b9-7+,10-6-/t15?,18?,19-,22+/m0/s1. The SMILES string of the molecule is COCOc1cc(OC)cc2c1C(=O)OC(C)C/C=C\C(O)[C@H]1OC(C)(C)O[C@H]1C/C=C/2. The van der Waals surface area contributed by atoms with E-state index in [4.69, 9.17) is 28.4 Å². The molecule has 0 spiro atoms. The van der Waals surface area contributed by atoms with Crippen molar-refractivity contribution < 1.29 is 38.3 Å². The maximum atomic E-state index is 13.1. The molecule has 0 amide bonds. The summed E-state index contributed by atoms with van der Waals surface area (Å²) in [5, 5.41) is 10.6. The zero-order chi connectivity index (χ0) is 23.3. The first kappa shape index (κ1) is 24.3. The van der Waals surface area contributed by atoms with Gasteiger partial charge in [-0.15, -0.1) is 0 Å². The van der Waals surface area contributed by atoms with Crippen LogP contribution in [0.5, 0.6) is 11.5 Å². The number of aliphatic hydroxyl groups excluding tert-OH is 1. The largest absolute Gasteiger partial charge is 0.497 e. The second-order valence-electron chi connectivity index (χ2n) is 8.29. The highest BCUT2D eigenvalue weighted by Crippen LogP contribution is 2.34. The Kier molecular flexibility index (Phi) is 7.95. The third kappa shape index (κ3) is 5.89. The molecule has 1 saturated heterocycles. The van der Waals surface area contributed by atoms with E-state index < -0.39 is 30.1 Å². The lowest BCUT2D eigenvalue weighted by Gasteiger charge is -2.20. The maximum Gasteiger partial charge on any atom is 0.342 e. The fourth-order valence-electron chi connectivity index (χ4n) is 3.79. The number of fused-ring (bicyclic) bond motifs is 2. The maximum absolute atomic E-state index is 13.1. The van der Waals surface area contributed by atoms with E-state index in [-0.39, 0.29) is 18.5 Å². The Morgan fingerprint density at radius 2 is 1.94 bits per heavy atom. The van der Waals surface area contributed by atoms with Crippen molar-refractivity contribution >= 4 is 12.0 Å². The summed E-state index contributed by atoms with van der Waals surface area (Å²) in [5.74, 6) is -0.489. The van der Waals surface area contributed by atoms with Gasteiger partial charge in [0.15, 0.2) is 12.6 Å². The van der Waals surface area contributed by atoms with Crippen molar-refractivity contribution in [3.63, 3.8) is 0 Å². The van der Waals surface area contributed by atoms with Crippen molar-refractivity contribution in [3.8, 4) is 11.5 Å². The molecular weight excluding hydrogens is 416 g/mol. The van der Waals surface area contributed by atoms with Crippen molar-refractivity contribution in [1.82, 2.24) is 0 Å². The van der Waals surface area contributed by atoms with Crippen LogP contribution in [0.25, 0.3) is 6.08 Å². The molecule has 1 aromatic rings. The average molecular weight is 449 g/mol. The molecule has 0 aromatic heterocycles. The molecule has 2 heterocycles. The number of hydrogen-bond donors (Lipinski definition) is 1. The van der Waals surface area contributed by atoms with Gasteiger partial charge in [0.2, 0.25) is 0 Å². The molecule has 176 valence electrons. The fraction of sp³-hybridized carbons (Fsp3) is 0.542. The van der Waals surface area contributed by atoms with Crippen molar-refractivity contribution in [1.29, 1.82) is 0 Å². The molecular formula is C24H32O8. The van der Waals surface area contributed by atoms with Gasteiger partial charge < -0.3 is 33.5 Å². The highest BCUT2D eigenvalue weighted by atomic mass is 16.8. The van der Waals surface area contributed by atoms with Crippen LogP contribution in [0, 0.1) is 0 Å². The first-order valence-corrected chi connectivity index (χ1v) is 10.7. The minimum absolute atomic E-state index is 0.0310. The summed E-state index contributed by atoms with van der Waals surface area (Å²) in [6, 6.07) is 3.37. The minimum Gasteiger partial charge on any atom is -0.497 e. The quantitative estimate of drug-likeness (QED) is 0.425. The zero-order valence-corrected chi connectivity index (χ0v) is 19.2. The molecule has 8 nitrogen and oxygen atoms in total. The molecule has 0 aliphatic carbocycles. The predicted octanol–water partition coefficient (Wildman–Crippen LogP) is 3.47. The number of carbonyl (C=O) groups is 1. The fourth-order valence-corrected chi connectivity index (χ4v) is 3.79. The van der Waals surface area contributed by atoms with E-state index in [1.807, 2.05) is 19.9 Å². The zero-order valence-electron chi connectivity index (χ0n) is 19.2. The Hall–Kier alpha value is -2.39. The lowest BCUT2D eigenvalue weighted by atomic mass is 10.0. The van der Waals surface area contributed by atoms with Crippen molar-refractivity contribution in [3.05, 3.63) is 41.5 Å². The summed E-state index contributed by atoms with van der Waals surface area (Å²) in [7, 11) is 3.04. The molecule has 0 saturated carbocycles. The number of cyclic esters (lactones) is 1. The highest BCUT2D eigenvalue weighted by molar-refractivity contribution is 5.97. The second kappa shape index (κ2) is 10.5. The Bertz CT molecular complexity index is 860. The van der Waals surface area contributed by atoms with Crippen LogP contribution in [0.3, 0.4) is 0 Å². The van der Waals surface area contributed by atoms with Crippen LogP contribution >= 0.6 is 0 Å². The van der Waals surface area contributed by atoms with Gasteiger partial charge in [0, 0.05) is 19.6 Å². The topological polar surface area (TPSA) is 92.7 Å². The molecule has 2 unspecified atom stereocenters. The predicted molar refractivity (Wildman–Crippen MR) is 118 cm³/mol. The summed E-state index contributed by atoms with van der Waals surface area (Å²) in [6.07, 6.45) is 5.88. The average Bonchev–Trinajstić information content (AvgIpc) is 3.05. The minimum atomic E-state index is -0.845. The van der Waals surface area contributed by atoms with Crippen molar-refractivity contribution in [2.75, 3.05) is 21.0 Å². The molecule has 0 radical (unpaired) electrons. The van der Waals surface area contributed by atoms with Crippen LogP contribution < -0.4 is 9.47 Å². The number of methoxy groups -OCH3 is 2. The number of rotatable bonds is 4. The summed E-state index contributed by atoms with van der Waals surface area (Å²) in [6.45, 7) is 5.40. The van der Waals surface area contributed by atoms with Gasteiger partial charge in [-0.25, -0.2) is 4.79 Å². The van der Waals surface area contributed by atoms with Gasteiger partial charge in [0.05, 0.1) is 13.2 Å². The Morgan fingerprint density at radius 3 is 2.66 bits per heavy atom. The van der Waals surface area contributed by atoms with Crippen LogP contribution in [0.4, 0.5) is 0 Å². The lowest BCUT2D eigenvalue weighted by molar-refractivity contribution is -0.152. The van der Waals surface area contributed by atoms with Gasteiger partial charge in [0.25, 0.3) is 0 Å². The molecule has 2 aliphatic rings. The number of hydrogen-bond acceptors (Lipinski definition) is 8. The summed E-state index contributed by atoms with van der Waals surface area (Å²) in [4.78, 5) is 13.1. The van der Waals surface area contributed by atoms with E-state index in [0.717, 1.165) is 0 Å². The van der Waals surface area contributed by atoms with E-state index >= 15 is 0 Å². The molecule has 8 heteroatoms. The first-order valence-electron chi connectivity index (χ1n) is 10.7. The van der Waals surface area contributed by atoms with E-state index in [0.29, 0.717) is 29.9 Å². The molecule has 1 N–H and O–H groups in total. The molecule has 4 atom stereocenters. The summed E-state index contributed by atoms with van der Waals surface area (Å²) < 4.78 is 33.7. The Morgan fingerprint density at radius 1 is 1.16 bits per heavy atom. The molecule has 0 bridgehead atoms. The molecule has 1 aromatic carbocycles. The molecule has 32 heavy (non-hydrogen) atoms. The monoisotopic (exact) mass is 448 g/mol. The first-order chi connectivity index (χ1) is 15.2. The van der Waals surface area contributed by atoms with Gasteiger partial charge in [-0.1, -0.05) is 24.3 Å².